The van der Waals surface area contributed by atoms with Crippen molar-refractivity contribution in [3.05, 3.63) is 52.1 Å². The Hall–Kier alpha value is -1.70. The van der Waals surface area contributed by atoms with Gasteiger partial charge in [0.1, 0.15) is 0 Å². The topological polar surface area (TPSA) is 46.0 Å². The van der Waals surface area contributed by atoms with Gasteiger partial charge in [0, 0.05) is 4.90 Å². The third kappa shape index (κ3) is 3.15. The van der Waals surface area contributed by atoms with Crippen LogP contribution in [-0.4, -0.2) is 27.3 Å². The molecule has 0 atom stereocenters. The summed E-state index contributed by atoms with van der Waals surface area (Å²) in [5.41, 5.74) is 1.02. The molecular weight excluding hydrogens is 320 g/mol. The van der Waals surface area contributed by atoms with Gasteiger partial charge >= 0.3 is 0 Å². The summed E-state index contributed by atoms with van der Waals surface area (Å²) in [6, 6.07) is 12.2. The third-order valence-corrected chi connectivity index (χ3v) is 4.70. The lowest BCUT2D eigenvalue weighted by atomic mass is 10.2. The number of nitrogens with one attached hydrogen (secondary N) is 1. The van der Waals surface area contributed by atoms with E-state index < -0.39 is 0 Å². The van der Waals surface area contributed by atoms with E-state index >= 15 is 0 Å². The first-order valence-electron chi connectivity index (χ1n) is 6.17. The maximum absolute atomic E-state index is 5.23. The van der Waals surface area contributed by atoms with Crippen LogP contribution in [0.1, 0.15) is 5.56 Å². The second-order valence-corrected chi connectivity index (χ2v) is 6.37. The molecule has 1 N–H and O–H groups in total. The molecule has 1 aromatic carbocycles. The van der Waals surface area contributed by atoms with Crippen molar-refractivity contribution in [2.24, 2.45) is 5.10 Å². The zero-order chi connectivity index (χ0) is 14.7. The van der Waals surface area contributed by atoms with Gasteiger partial charge in [-0.25, -0.2) is 5.10 Å². The van der Waals surface area contributed by atoms with E-state index in [1.165, 1.54) is 4.90 Å². The Kier molecular flexibility index (Phi) is 4.33. The normalized spacial score (nSPS) is 11.3. The number of H-pyrrole nitrogens is 1. The van der Waals surface area contributed by atoms with Gasteiger partial charge in [0.2, 0.25) is 4.77 Å². The molecule has 4 nitrogen and oxygen atoms in total. The smallest absolute Gasteiger partial charge is 0.216 e. The molecule has 0 saturated heterocycles. The monoisotopic (exact) mass is 332 g/mol. The van der Waals surface area contributed by atoms with Gasteiger partial charge in [-0.05, 0) is 47.6 Å². The summed E-state index contributed by atoms with van der Waals surface area (Å²) < 4.78 is 2.12. The van der Waals surface area contributed by atoms with Gasteiger partial charge in [0.15, 0.2) is 5.82 Å². The van der Waals surface area contributed by atoms with E-state index in [-0.39, 0.29) is 0 Å². The Morgan fingerprint density at radius 3 is 2.81 bits per heavy atom. The van der Waals surface area contributed by atoms with E-state index in [4.69, 9.17) is 12.2 Å². The van der Waals surface area contributed by atoms with Crippen molar-refractivity contribution in [3.8, 4) is 10.7 Å². The molecule has 7 heteroatoms. The second-order valence-electron chi connectivity index (χ2n) is 4.16. The van der Waals surface area contributed by atoms with Gasteiger partial charge in [-0.3, -0.25) is 0 Å². The molecule has 3 aromatic rings. The first-order valence-corrected chi connectivity index (χ1v) is 8.69. The minimum absolute atomic E-state index is 0.482. The fourth-order valence-electron chi connectivity index (χ4n) is 1.78. The number of benzene rings is 1. The number of thioether (sulfide) groups is 1. The summed E-state index contributed by atoms with van der Waals surface area (Å²) in [4.78, 5) is 2.25. The summed E-state index contributed by atoms with van der Waals surface area (Å²) in [5, 5.41) is 13.5. The summed E-state index contributed by atoms with van der Waals surface area (Å²) in [7, 11) is 0. The summed E-state index contributed by atoms with van der Waals surface area (Å²) >= 11 is 8.55. The van der Waals surface area contributed by atoms with Crippen molar-refractivity contribution in [1.82, 2.24) is 14.9 Å². The predicted octanol–water partition coefficient (Wildman–Crippen LogP) is 4.27. The first-order chi connectivity index (χ1) is 10.3. The van der Waals surface area contributed by atoms with Crippen molar-refractivity contribution in [2.75, 3.05) is 6.26 Å². The molecule has 0 aliphatic rings. The van der Waals surface area contributed by atoms with E-state index in [2.05, 4.69) is 33.7 Å². The van der Waals surface area contributed by atoms with Crippen molar-refractivity contribution < 1.29 is 0 Å². The highest BCUT2D eigenvalue weighted by Gasteiger charge is 2.08. The van der Waals surface area contributed by atoms with Crippen LogP contribution in [-0.2, 0) is 0 Å². The van der Waals surface area contributed by atoms with E-state index in [9.17, 15) is 0 Å². The van der Waals surface area contributed by atoms with Gasteiger partial charge in [-0.2, -0.15) is 14.9 Å². The van der Waals surface area contributed by atoms with E-state index in [0.717, 1.165) is 16.3 Å². The lowest BCUT2D eigenvalue weighted by Gasteiger charge is -1.99. The third-order valence-electron chi connectivity index (χ3n) is 2.83. The SMILES string of the molecule is CSc1ccc(/C=N/n2c(-c3cccs3)n[nH]c2=S)cc1. The number of aromatic nitrogens is 3. The minimum Gasteiger partial charge on any atom is -0.250 e. The highest BCUT2D eigenvalue weighted by Crippen LogP contribution is 2.22. The average molecular weight is 332 g/mol. The molecule has 0 unspecified atom stereocenters. The number of thiophene rings is 1. The van der Waals surface area contributed by atoms with Gasteiger partial charge in [0.05, 0.1) is 11.1 Å². The largest absolute Gasteiger partial charge is 0.250 e. The second kappa shape index (κ2) is 6.38. The van der Waals surface area contributed by atoms with Gasteiger partial charge in [0.25, 0.3) is 0 Å². The average Bonchev–Trinajstić information content (AvgIpc) is 3.15. The van der Waals surface area contributed by atoms with E-state index in [0.29, 0.717) is 4.77 Å². The molecule has 0 aliphatic heterocycles. The Labute approximate surface area is 135 Å². The van der Waals surface area contributed by atoms with Crippen LogP contribution in [0.4, 0.5) is 0 Å². The molecule has 0 spiro atoms. The number of rotatable bonds is 4. The zero-order valence-corrected chi connectivity index (χ0v) is 13.6. The Morgan fingerprint density at radius 1 is 1.33 bits per heavy atom. The Bertz CT molecular complexity index is 798. The summed E-state index contributed by atoms with van der Waals surface area (Å²) in [5.74, 6) is 0.729. The molecule has 2 aromatic heterocycles. The van der Waals surface area contributed by atoms with Crippen LogP contribution in [0.25, 0.3) is 10.7 Å². The molecule has 0 fully saturated rings. The number of aromatic amines is 1. The van der Waals surface area contributed by atoms with Gasteiger partial charge in [-0.15, -0.1) is 23.1 Å². The molecule has 0 aliphatic carbocycles. The maximum atomic E-state index is 5.23. The zero-order valence-electron chi connectivity index (χ0n) is 11.2. The lowest BCUT2D eigenvalue weighted by molar-refractivity contribution is 0.873. The quantitative estimate of drug-likeness (QED) is 0.441. The van der Waals surface area contributed by atoms with Crippen molar-refractivity contribution in [1.29, 1.82) is 0 Å². The Morgan fingerprint density at radius 2 is 2.14 bits per heavy atom. The standard InChI is InChI=1S/C14H12N4S3/c1-20-11-6-4-10(5-7-11)9-15-18-13(16-17-14(18)19)12-3-2-8-21-12/h2-9H,1H3,(H,17,19)/b15-9+. The maximum Gasteiger partial charge on any atom is 0.216 e. The molecule has 2 heterocycles. The lowest BCUT2D eigenvalue weighted by Crippen LogP contribution is -1.93. The fraction of sp³-hybridized carbons (Fsp3) is 0.0714. The fourth-order valence-corrected chi connectivity index (χ4v) is 3.06. The van der Waals surface area contributed by atoms with Crippen molar-refractivity contribution >= 4 is 41.5 Å². The van der Waals surface area contributed by atoms with Crippen molar-refractivity contribution in [3.63, 3.8) is 0 Å². The molecule has 106 valence electrons. The van der Waals surface area contributed by atoms with E-state index in [1.807, 2.05) is 29.6 Å². The molecule has 0 bridgehead atoms. The predicted molar refractivity (Wildman–Crippen MR) is 91.9 cm³/mol. The highest BCUT2D eigenvalue weighted by molar-refractivity contribution is 7.98. The number of nitrogens with zero attached hydrogens (tertiary/aromatic N) is 3. The van der Waals surface area contributed by atoms with Crippen LogP contribution in [0.15, 0.2) is 51.8 Å². The van der Waals surface area contributed by atoms with Crippen LogP contribution >= 0.6 is 35.3 Å². The summed E-state index contributed by atoms with van der Waals surface area (Å²) in [6.07, 6.45) is 3.84. The molecular formula is C14H12N4S3. The van der Waals surface area contributed by atoms with Gasteiger partial charge < -0.3 is 0 Å². The molecule has 0 radical (unpaired) electrons. The molecule has 3 rings (SSSR count). The molecule has 0 amide bonds. The highest BCUT2D eigenvalue weighted by atomic mass is 32.2. The van der Waals surface area contributed by atoms with E-state index in [1.54, 1.807) is 34.0 Å². The molecule has 0 saturated carbocycles. The van der Waals surface area contributed by atoms with Crippen LogP contribution in [0.3, 0.4) is 0 Å². The van der Waals surface area contributed by atoms with Crippen molar-refractivity contribution in [2.45, 2.75) is 4.90 Å². The van der Waals surface area contributed by atoms with Crippen LogP contribution in [0.5, 0.6) is 0 Å². The first kappa shape index (κ1) is 14.2. The van der Waals surface area contributed by atoms with Gasteiger partial charge in [-0.1, -0.05) is 18.2 Å². The number of hydrogen-bond acceptors (Lipinski definition) is 5. The van der Waals surface area contributed by atoms with Crippen LogP contribution in [0, 0.1) is 4.77 Å². The Balaban J connectivity index is 1.92. The van der Waals surface area contributed by atoms with Crippen LogP contribution < -0.4 is 0 Å². The number of hydrogen-bond donors (Lipinski definition) is 1. The molecule has 21 heavy (non-hydrogen) atoms. The van der Waals surface area contributed by atoms with Crippen LogP contribution in [0.2, 0.25) is 0 Å². The minimum atomic E-state index is 0.482. The summed E-state index contributed by atoms with van der Waals surface area (Å²) in [6.45, 7) is 0.